The molecule has 10 nitrogen and oxygen atoms in total. The van der Waals surface area contributed by atoms with E-state index in [2.05, 4.69) is 16.0 Å². The van der Waals surface area contributed by atoms with Gasteiger partial charge in [0.1, 0.15) is 6.04 Å². The molecule has 0 radical (unpaired) electrons. The van der Waals surface area contributed by atoms with Crippen LogP contribution in [0.15, 0.2) is 18.2 Å². The molecule has 1 unspecified atom stereocenters. The summed E-state index contributed by atoms with van der Waals surface area (Å²) in [6, 6.07) is 4.42. The number of hydrogen-bond acceptors (Lipinski definition) is 8. The van der Waals surface area contributed by atoms with Crippen molar-refractivity contribution < 1.29 is 28.7 Å². The minimum absolute atomic E-state index is 0.0311. The van der Waals surface area contributed by atoms with Gasteiger partial charge in [-0.05, 0) is 24.1 Å². The van der Waals surface area contributed by atoms with Crippen LogP contribution in [-0.2, 0) is 25.6 Å². The Morgan fingerprint density at radius 1 is 1.10 bits per heavy atom. The molecule has 4 heterocycles. The summed E-state index contributed by atoms with van der Waals surface area (Å²) in [5.41, 5.74) is 1.43. The Hall–Kier alpha value is -2.66. The number of ether oxygens (including phenoxy) is 2. The SMILES string of the molecule is O=C1CCC(N2C(=O)c3ccc(CNC[C@@H]4CN[C@H]5COC[C@@H]5O4)cc3C2=O)C(=O)N1. The fourth-order valence-electron chi connectivity index (χ4n) is 4.56. The average molecular weight is 428 g/mol. The molecule has 1 aromatic rings. The molecule has 3 saturated heterocycles. The van der Waals surface area contributed by atoms with Gasteiger partial charge >= 0.3 is 0 Å². The van der Waals surface area contributed by atoms with Crippen LogP contribution in [0.3, 0.4) is 0 Å². The van der Waals surface area contributed by atoms with Crippen molar-refractivity contribution in [3.8, 4) is 0 Å². The van der Waals surface area contributed by atoms with E-state index >= 15 is 0 Å². The number of imide groups is 2. The van der Waals surface area contributed by atoms with Crippen molar-refractivity contribution in [2.75, 3.05) is 26.3 Å². The third-order valence-corrected chi connectivity index (χ3v) is 6.21. The Balaban J connectivity index is 1.21. The highest BCUT2D eigenvalue weighted by Gasteiger charge is 2.44. The molecule has 0 aromatic heterocycles. The Morgan fingerprint density at radius 2 is 1.94 bits per heavy atom. The van der Waals surface area contributed by atoms with Gasteiger partial charge in [-0.25, -0.2) is 0 Å². The Bertz CT molecular complexity index is 950. The highest BCUT2D eigenvalue weighted by atomic mass is 16.6. The maximum atomic E-state index is 12.9. The summed E-state index contributed by atoms with van der Waals surface area (Å²) in [6.07, 6.45) is 0.364. The zero-order valence-electron chi connectivity index (χ0n) is 16.9. The molecule has 4 aliphatic heterocycles. The highest BCUT2D eigenvalue weighted by molar-refractivity contribution is 6.23. The lowest BCUT2D eigenvalue weighted by Crippen LogP contribution is -2.54. The van der Waals surface area contributed by atoms with Crippen LogP contribution in [0.1, 0.15) is 39.1 Å². The summed E-state index contributed by atoms with van der Waals surface area (Å²) in [4.78, 5) is 50.1. The third-order valence-electron chi connectivity index (χ3n) is 6.21. The predicted molar refractivity (Wildman–Crippen MR) is 106 cm³/mol. The van der Waals surface area contributed by atoms with Crippen molar-refractivity contribution >= 4 is 23.6 Å². The summed E-state index contributed by atoms with van der Waals surface area (Å²) < 4.78 is 11.5. The monoisotopic (exact) mass is 428 g/mol. The van der Waals surface area contributed by atoms with Gasteiger partial charge in [-0.1, -0.05) is 6.07 Å². The van der Waals surface area contributed by atoms with Crippen LogP contribution >= 0.6 is 0 Å². The molecule has 3 fully saturated rings. The van der Waals surface area contributed by atoms with Crippen LogP contribution in [0.4, 0.5) is 0 Å². The molecule has 1 aromatic carbocycles. The summed E-state index contributed by atoms with van der Waals surface area (Å²) in [5.74, 6) is -1.99. The normalized spacial score (nSPS) is 30.4. The molecule has 10 heteroatoms. The quantitative estimate of drug-likeness (QED) is 0.507. The topological polar surface area (TPSA) is 126 Å². The van der Waals surface area contributed by atoms with Crippen molar-refractivity contribution in [1.82, 2.24) is 20.9 Å². The maximum absolute atomic E-state index is 12.9. The number of hydrogen-bond donors (Lipinski definition) is 3. The zero-order valence-corrected chi connectivity index (χ0v) is 16.9. The van der Waals surface area contributed by atoms with Crippen LogP contribution in [0.5, 0.6) is 0 Å². The van der Waals surface area contributed by atoms with Gasteiger partial charge in [0.25, 0.3) is 11.8 Å². The molecule has 4 aliphatic rings. The second kappa shape index (κ2) is 8.12. The largest absolute Gasteiger partial charge is 0.377 e. The van der Waals surface area contributed by atoms with E-state index in [0.29, 0.717) is 26.3 Å². The smallest absolute Gasteiger partial charge is 0.262 e. The number of morpholine rings is 1. The van der Waals surface area contributed by atoms with Gasteiger partial charge in [0.2, 0.25) is 11.8 Å². The van der Waals surface area contributed by atoms with Crippen molar-refractivity contribution in [2.45, 2.75) is 43.7 Å². The van der Waals surface area contributed by atoms with Crippen molar-refractivity contribution in [3.05, 3.63) is 34.9 Å². The Kier molecular flexibility index (Phi) is 5.30. The van der Waals surface area contributed by atoms with Crippen LogP contribution in [-0.4, -0.2) is 79.1 Å². The average Bonchev–Trinajstić information content (AvgIpc) is 3.31. The highest BCUT2D eigenvalue weighted by Crippen LogP contribution is 2.28. The van der Waals surface area contributed by atoms with E-state index in [1.165, 1.54) is 0 Å². The van der Waals surface area contributed by atoms with Gasteiger partial charge in [-0.15, -0.1) is 0 Å². The fourth-order valence-corrected chi connectivity index (χ4v) is 4.56. The summed E-state index contributed by atoms with van der Waals surface area (Å²) in [6.45, 7) is 3.19. The van der Waals surface area contributed by atoms with E-state index in [-0.39, 0.29) is 48.1 Å². The van der Waals surface area contributed by atoms with E-state index in [0.717, 1.165) is 17.0 Å². The first-order valence-electron chi connectivity index (χ1n) is 10.5. The second-order valence-corrected chi connectivity index (χ2v) is 8.31. The van der Waals surface area contributed by atoms with Crippen molar-refractivity contribution in [2.24, 2.45) is 0 Å². The number of carbonyl (C=O) groups excluding carboxylic acids is 4. The molecule has 3 N–H and O–H groups in total. The number of nitrogens with one attached hydrogen (secondary N) is 3. The first-order valence-corrected chi connectivity index (χ1v) is 10.5. The molecule has 0 saturated carbocycles. The number of benzene rings is 1. The second-order valence-electron chi connectivity index (χ2n) is 8.31. The van der Waals surface area contributed by atoms with E-state index in [1.807, 2.05) is 0 Å². The lowest BCUT2D eigenvalue weighted by molar-refractivity contribution is -0.136. The van der Waals surface area contributed by atoms with Crippen LogP contribution in [0.25, 0.3) is 0 Å². The number of nitrogens with zero attached hydrogens (tertiary/aromatic N) is 1. The van der Waals surface area contributed by atoms with Gasteiger partial charge in [0.05, 0.1) is 42.6 Å². The summed E-state index contributed by atoms with van der Waals surface area (Å²) in [7, 11) is 0. The number of rotatable bonds is 5. The van der Waals surface area contributed by atoms with Gasteiger partial charge in [0, 0.05) is 26.1 Å². The van der Waals surface area contributed by atoms with Crippen LogP contribution in [0, 0.1) is 0 Å². The summed E-state index contributed by atoms with van der Waals surface area (Å²) >= 11 is 0. The Labute approximate surface area is 178 Å². The predicted octanol–water partition coefficient (Wildman–Crippen LogP) is -1.07. The first kappa shape index (κ1) is 20.3. The maximum Gasteiger partial charge on any atom is 0.262 e. The van der Waals surface area contributed by atoms with E-state index in [1.54, 1.807) is 18.2 Å². The molecule has 31 heavy (non-hydrogen) atoms. The zero-order chi connectivity index (χ0) is 21.5. The molecule has 4 amide bonds. The lowest BCUT2D eigenvalue weighted by Gasteiger charge is -2.32. The van der Waals surface area contributed by atoms with Gasteiger partial charge in [-0.2, -0.15) is 0 Å². The third kappa shape index (κ3) is 3.76. The number of fused-ring (bicyclic) bond motifs is 2. The van der Waals surface area contributed by atoms with E-state index in [4.69, 9.17) is 9.47 Å². The first-order chi connectivity index (χ1) is 15.0. The van der Waals surface area contributed by atoms with Crippen LogP contribution in [0.2, 0.25) is 0 Å². The molecule has 5 rings (SSSR count). The molecule has 4 atom stereocenters. The van der Waals surface area contributed by atoms with Gasteiger partial charge in [0.15, 0.2) is 0 Å². The summed E-state index contributed by atoms with van der Waals surface area (Å²) in [5, 5.41) is 8.97. The standard InChI is InChI=1S/C21H24N4O6/c26-18-4-3-16(19(27)24-18)25-20(28)13-2-1-11(5-14(13)21(25)29)6-22-7-12-8-23-15-9-30-10-17(15)31-12/h1-2,5,12,15-17,22-23H,3-4,6-10H2,(H,24,26,27)/t12-,15+,16?,17+/m1/s1. The number of piperidine rings is 1. The van der Waals surface area contributed by atoms with Crippen molar-refractivity contribution in [3.63, 3.8) is 0 Å². The molecule has 0 spiro atoms. The van der Waals surface area contributed by atoms with E-state index < -0.39 is 23.8 Å². The fraction of sp³-hybridized carbons (Fsp3) is 0.524. The Morgan fingerprint density at radius 3 is 2.77 bits per heavy atom. The molecular formula is C21H24N4O6. The van der Waals surface area contributed by atoms with Gasteiger partial charge < -0.3 is 20.1 Å². The molecule has 0 bridgehead atoms. The minimum atomic E-state index is -0.953. The van der Waals surface area contributed by atoms with Crippen molar-refractivity contribution in [1.29, 1.82) is 0 Å². The molecule has 0 aliphatic carbocycles. The van der Waals surface area contributed by atoms with E-state index in [9.17, 15) is 19.2 Å². The van der Waals surface area contributed by atoms with Crippen LogP contribution < -0.4 is 16.0 Å². The molecule has 164 valence electrons. The number of carbonyl (C=O) groups is 4. The van der Waals surface area contributed by atoms with Gasteiger partial charge in [-0.3, -0.25) is 29.4 Å². The molecular weight excluding hydrogens is 404 g/mol. The lowest BCUT2D eigenvalue weighted by atomic mass is 10.0. The number of amides is 4. The minimum Gasteiger partial charge on any atom is -0.377 e.